The number of aliphatic hydroxyl groups excluding tert-OH is 2. The molecule has 278 valence electrons. The standard InChI is InChI=1S/C43H49N3O7/c44-43(45)31-14-16-34-30(25-31)7-6-10-38-35(19-21-46-38)41(52)26-36(34)37-23-29(12-17-39(37)50)20-22-53-42-24-28(13-18-40(42)51)11-15-32(48)8-4-2-1-3-5-9-33(49)27-47/h4,8,12-14,16-19,21,23-25,33,36,43,46-47,49-51H,1-3,5,9-11,15,20,22,26-27,44-45H2/b8-4+/t33-,36+/m0/s1. The minimum atomic E-state index is -0.693. The predicted octanol–water partition coefficient (Wildman–Crippen LogP) is 5.64. The van der Waals surface area contributed by atoms with E-state index >= 15 is 0 Å². The lowest BCUT2D eigenvalue weighted by atomic mass is 9.81. The Morgan fingerprint density at radius 3 is 2.55 bits per heavy atom. The van der Waals surface area contributed by atoms with Crippen LogP contribution in [0.2, 0.25) is 0 Å². The smallest absolute Gasteiger partial charge is 0.165 e. The first kappa shape index (κ1) is 39.0. The molecule has 0 amide bonds. The van der Waals surface area contributed by atoms with E-state index in [1.165, 1.54) is 0 Å². The fraction of sp³-hybridized carbons (Fsp3) is 0.349. The van der Waals surface area contributed by atoms with Crippen molar-refractivity contribution in [1.82, 2.24) is 4.98 Å². The molecule has 0 saturated heterocycles. The van der Waals surface area contributed by atoms with Crippen molar-refractivity contribution in [3.63, 3.8) is 0 Å². The van der Waals surface area contributed by atoms with Crippen LogP contribution >= 0.6 is 0 Å². The van der Waals surface area contributed by atoms with Crippen molar-refractivity contribution in [2.24, 2.45) is 11.5 Å². The zero-order valence-electron chi connectivity index (χ0n) is 29.9. The van der Waals surface area contributed by atoms with Gasteiger partial charge < -0.3 is 41.6 Å². The lowest BCUT2D eigenvalue weighted by molar-refractivity contribution is -0.114. The van der Waals surface area contributed by atoms with Gasteiger partial charge in [0.2, 0.25) is 0 Å². The van der Waals surface area contributed by atoms with Gasteiger partial charge in [-0.15, -0.1) is 0 Å². The maximum atomic E-state index is 13.7. The minimum Gasteiger partial charge on any atom is -0.508 e. The molecule has 0 fully saturated rings. The first-order valence-electron chi connectivity index (χ1n) is 18.2. The summed E-state index contributed by atoms with van der Waals surface area (Å²) >= 11 is 0. The zero-order chi connectivity index (χ0) is 37.7. The van der Waals surface area contributed by atoms with Crippen LogP contribution in [0.15, 0.2) is 79.0 Å². The largest absolute Gasteiger partial charge is 0.508 e. The number of aliphatic hydroxyl groups is 2. The summed E-state index contributed by atoms with van der Waals surface area (Å²) in [4.78, 5) is 29.2. The Morgan fingerprint density at radius 1 is 0.962 bits per heavy atom. The van der Waals surface area contributed by atoms with Crippen LogP contribution in [-0.2, 0) is 24.1 Å². The summed E-state index contributed by atoms with van der Waals surface area (Å²) in [5, 5.41) is 39.9. The van der Waals surface area contributed by atoms with Crippen LogP contribution in [0.1, 0.15) is 106 Å². The summed E-state index contributed by atoms with van der Waals surface area (Å²) in [6.07, 6.45) is 9.66. The third-order valence-electron chi connectivity index (χ3n) is 9.57. The number of benzene rings is 3. The third-order valence-corrected chi connectivity index (χ3v) is 9.57. The number of H-pyrrole nitrogens is 1. The summed E-state index contributed by atoms with van der Waals surface area (Å²) in [7, 11) is 0. The number of phenols is 2. The van der Waals surface area contributed by atoms with Crippen molar-refractivity contribution in [2.75, 3.05) is 13.2 Å². The summed E-state index contributed by atoms with van der Waals surface area (Å²) in [6, 6.07) is 17.7. The number of aromatic amines is 1. The Morgan fingerprint density at radius 2 is 1.75 bits per heavy atom. The van der Waals surface area contributed by atoms with Gasteiger partial charge in [0.25, 0.3) is 0 Å². The van der Waals surface area contributed by atoms with E-state index in [-0.39, 0.29) is 42.7 Å². The molecule has 9 N–H and O–H groups in total. The number of allylic oxidation sites excluding steroid dienone is 2. The van der Waals surface area contributed by atoms with E-state index in [9.17, 15) is 24.9 Å². The second-order valence-electron chi connectivity index (χ2n) is 13.5. The summed E-state index contributed by atoms with van der Waals surface area (Å²) < 4.78 is 6.00. The van der Waals surface area contributed by atoms with Gasteiger partial charge in [0.15, 0.2) is 23.1 Å². The van der Waals surface area contributed by atoms with Crippen LogP contribution in [0.25, 0.3) is 0 Å². The van der Waals surface area contributed by atoms with Gasteiger partial charge in [-0.3, -0.25) is 9.59 Å². The molecule has 3 aromatic carbocycles. The number of hydrogen-bond acceptors (Lipinski definition) is 9. The summed E-state index contributed by atoms with van der Waals surface area (Å²) in [6.45, 7) is 0.0187. The van der Waals surface area contributed by atoms with Crippen LogP contribution in [0, 0.1) is 11.8 Å². The molecule has 1 aromatic heterocycles. The van der Waals surface area contributed by atoms with E-state index in [1.807, 2.05) is 36.4 Å². The molecule has 0 spiro atoms. The predicted molar refractivity (Wildman–Crippen MR) is 204 cm³/mol. The average Bonchev–Trinajstić information content (AvgIpc) is 3.63. The van der Waals surface area contributed by atoms with Gasteiger partial charge in [0.05, 0.1) is 31.9 Å². The maximum Gasteiger partial charge on any atom is 0.165 e. The van der Waals surface area contributed by atoms with Crippen LogP contribution in [0.4, 0.5) is 0 Å². The minimum absolute atomic E-state index is 0.00343. The first-order chi connectivity index (χ1) is 25.6. The van der Waals surface area contributed by atoms with Gasteiger partial charge in [-0.25, -0.2) is 0 Å². The quantitative estimate of drug-likeness (QED) is 0.0313. The maximum absolute atomic E-state index is 13.7. The highest BCUT2D eigenvalue weighted by molar-refractivity contribution is 5.98. The second kappa shape index (κ2) is 19.1. The van der Waals surface area contributed by atoms with Crippen LogP contribution in [-0.4, -0.2) is 56.3 Å². The van der Waals surface area contributed by atoms with Crippen molar-refractivity contribution in [3.8, 4) is 29.1 Å². The average molecular weight is 720 g/mol. The lowest BCUT2D eigenvalue weighted by Gasteiger charge is -2.22. The number of Topliss-reactive ketones (excluding diaryl/α,β-unsaturated/α-hetero) is 1. The van der Waals surface area contributed by atoms with E-state index < -0.39 is 18.2 Å². The molecular formula is C43H49N3O7. The highest BCUT2D eigenvalue weighted by Gasteiger charge is 2.27. The summed E-state index contributed by atoms with van der Waals surface area (Å²) in [5.41, 5.74) is 17.8. The molecule has 1 aliphatic carbocycles. The van der Waals surface area contributed by atoms with E-state index in [1.54, 1.807) is 42.6 Å². The number of unbranched alkanes of at least 4 members (excludes halogenated alkanes) is 3. The third kappa shape index (κ3) is 10.9. The molecule has 1 aliphatic rings. The molecule has 0 bridgehead atoms. The normalized spacial score (nSPS) is 14.7. The number of hydrogen-bond donors (Lipinski definition) is 7. The molecule has 0 unspecified atom stereocenters. The zero-order valence-corrected chi connectivity index (χ0v) is 29.9. The Hall–Kier alpha value is -5.18. The number of nitrogens with one attached hydrogen (secondary N) is 1. The monoisotopic (exact) mass is 719 g/mol. The fourth-order valence-corrected chi connectivity index (χ4v) is 6.54. The number of aryl methyl sites for hydroxylation is 1. The van der Waals surface area contributed by atoms with E-state index in [4.69, 9.17) is 21.3 Å². The fourth-order valence-electron chi connectivity index (χ4n) is 6.54. The van der Waals surface area contributed by atoms with E-state index in [0.29, 0.717) is 60.1 Å². The van der Waals surface area contributed by atoms with Crippen LogP contribution in [0.3, 0.4) is 0 Å². The van der Waals surface area contributed by atoms with Gasteiger partial charge in [-0.05, 0) is 84.3 Å². The number of rotatable bonds is 17. The summed E-state index contributed by atoms with van der Waals surface area (Å²) in [5.74, 6) is 6.25. The molecule has 5 rings (SSSR count). The molecule has 0 aliphatic heterocycles. The molecular weight excluding hydrogens is 670 g/mol. The highest BCUT2D eigenvalue weighted by atomic mass is 16.5. The Labute approximate surface area is 310 Å². The van der Waals surface area contributed by atoms with Crippen molar-refractivity contribution >= 4 is 11.6 Å². The SMILES string of the molecule is NC(N)c1ccc2c(c1)C#CCc1[nH]ccc1C(=O)C[C@H]2c1cc(CCOc2cc(CCC(=O)/C=C/CCCCC[C@H](O)CO)ccc2O)ccc1O. The number of carbonyl (C=O) groups excluding carboxylic acids is 2. The van der Waals surface area contributed by atoms with Crippen molar-refractivity contribution < 1.29 is 34.8 Å². The van der Waals surface area contributed by atoms with E-state index in [0.717, 1.165) is 48.1 Å². The van der Waals surface area contributed by atoms with Gasteiger partial charge in [0.1, 0.15) is 5.75 Å². The van der Waals surface area contributed by atoms with Crippen molar-refractivity contribution in [1.29, 1.82) is 0 Å². The highest BCUT2D eigenvalue weighted by Crippen LogP contribution is 2.38. The molecule has 53 heavy (non-hydrogen) atoms. The van der Waals surface area contributed by atoms with Gasteiger partial charge in [-0.2, -0.15) is 0 Å². The molecule has 0 radical (unpaired) electrons. The Kier molecular flexibility index (Phi) is 14.0. The topological polar surface area (TPSA) is 192 Å². The number of ether oxygens (including phenoxy) is 1. The van der Waals surface area contributed by atoms with Gasteiger partial charge >= 0.3 is 0 Å². The second-order valence-corrected chi connectivity index (χ2v) is 13.5. The molecule has 1 heterocycles. The molecule has 10 heteroatoms. The number of phenolic OH excluding ortho intramolecular Hbond substituents is 2. The molecule has 4 aromatic rings. The lowest BCUT2D eigenvalue weighted by Crippen LogP contribution is -2.20. The number of ketones is 2. The first-order valence-corrected chi connectivity index (χ1v) is 18.2. The number of nitrogens with two attached hydrogens (primary N) is 2. The Balaban J connectivity index is 1.23. The van der Waals surface area contributed by atoms with Crippen molar-refractivity contribution in [2.45, 2.75) is 82.4 Å². The Bertz CT molecular complexity index is 1970. The van der Waals surface area contributed by atoms with Crippen molar-refractivity contribution in [3.05, 3.63) is 124 Å². The molecule has 0 saturated carbocycles. The van der Waals surface area contributed by atoms with Crippen LogP contribution < -0.4 is 16.2 Å². The van der Waals surface area contributed by atoms with Crippen LogP contribution in [0.5, 0.6) is 17.2 Å². The number of carbonyl (C=O) groups is 2. The van der Waals surface area contributed by atoms with Gasteiger partial charge in [0, 0.05) is 53.8 Å². The molecule has 2 atom stereocenters. The van der Waals surface area contributed by atoms with Gasteiger partial charge in [-0.1, -0.05) is 61.1 Å². The number of aromatic hydroxyl groups is 2. The number of aromatic nitrogens is 1. The number of fused-ring (bicyclic) bond motifs is 2. The molecule has 10 nitrogen and oxygen atoms in total. The van der Waals surface area contributed by atoms with E-state index in [2.05, 4.69) is 16.8 Å².